The van der Waals surface area contributed by atoms with Crippen LogP contribution in [0, 0.1) is 10.1 Å². The van der Waals surface area contributed by atoms with Crippen molar-refractivity contribution in [2.24, 2.45) is 0 Å². The molecule has 1 aromatic carbocycles. The van der Waals surface area contributed by atoms with E-state index in [0.29, 0.717) is 21.1 Å². The quantitative estimate of drug-likeness (QED) is 0.517. The summed E-state index contributed by atoms with van der Waals surface area (Å²) in [6, 6.07) is 4.86. The van der Waals surface area contributed by atoms with Crippen LogP contribution in [0.25, 0.3) is 12.2 Å². The topological polar surface area (TPSA) is 94.4 Å². The van der Waals surface area contributed by atoms with Crippen LogP contribution >= 0.6 is 11.3 Å². The standard InChI is InChI=1S/C14H13N3O4S/c1-15-10-5-3-9(7-11(10)17(19)20)4-6-13-16-8-12(22-13)14(18)21-2/h3-8,15H,1-2H3/b6-4-. The molecular formula is C14H13N3O4S. The van der Waals surface area contributed by atoms with Gasteiger partial charge in [0.2, 0.25) is 0 Å². The lowest BCUT2D eigenvalue weighted by Crippen LogP contribution is -1.96. The SMILES string of the molecule is CNc1ccc(/C=C\c2ncc(C(=O)OC)s2)cc1[N+](=O)[O-]. The van der Waals surface area contributed by atoms with Gasteiger partial charge in [-0.25, -0.2) is 9.78 Å². The van der Waals surface area contributed by atoms with Gasteiger partial charge < -0.3 is 10.1 Å². The second kappa shape index (κ2) is 6.81. The van der Waals surface area contributed by atoms with E-state index in [-0.39, 0.29) is 5.69 Å². The number of nitrogens with zero attached hydrogens (tertiary/aromatic N) is 2. The predicted molar refractivity (Wildman–Crippen MR) is 85.0 cm³/mol. The van der Waals surface area contributed by atoms with Gasteiger partial charge in [-0.05, 0) is 17.7 Å². The summed E-state index contributed by atoms with van der Waals surface area (Å²) in [6.45, 7) is 0. The van der Waals surface area contributed by atoms with Crippen molar-refractivity contribution in [3.63, 3.8) is 0 Å². The van der Waals surface area contributed by atoms with Crippen LogP contribution in [-0.4, -0.2) is 30.0 Å². The van der Waals surface area contributed by atoms with Crippen molar-refractivity contribution in [1.29, 1.82) is 0 Å². The van der Waals surface area contributed by atoms with Gasteiger partial charge in [0.1, 0.15) is 15.6 Å². The summed E-state index contributed by atoms with van der Waals surface area (Å²) in [5, 5.41) is 14.4. The highest BCUT2D eigenvalue weighted by Gasteiger charge is 2.12. The Morgan fingerprint density at radius 3 is 2.86 bits per heavy atom. The Morgan fingerprint density at radius 1 is 1.45 bits per heavy atom. The number of rotatable bonds is 5. The summed E-state index contributed by atoms with van der Waals surface area (Å²) in [4.78, 5) is 26.4. The van der Waals surface area contributed by atoms with Crippen LogP contribution in [0.1, 0.15) is 20.2 Å². The number of ether oxygens (including phenoxy) is 1. The normalized spacial score (nSPS) is 10.6. The zero-order valence-electron chi connectivity index (χ0n) is 11.9. The number of carbonyl (C=O) groups is 1. The maximum absolute atomic E-state index is 11.3. The summed E-state index contributed by atoms with van der Waals surface area (Å²) in [7, 11) is 2.93. The molecule has 0 aliphatic carbocycles. The van der Waals surface area contributed by atoms with E-state index in [4.69, 9.17) is 0 Å². The summed E-state index contributed by atoms with van der Waals surface area (Å²) in [5.74, 6) is -0.439. The fourth-order valence-electron chi connectivity index (χ4n) is 1.74. The van der Waals surface area contributed by atoms with E-state index in [1.165, 1.54) is 30.7 Å². The van der Waals surface area contributed by atoms with Crippen molar-refractivity contribution in [1.82, 2.24) is 4.98 Å². The maximum atomic E-state index is 11.3. The third-order valence-electron chi connectivity index (χ3n) is 2.82. The van der Waals surface area contributed by atoms with Gasteiger partial charge in [-0.3, -0.25) is 10.1 Å². The number of hydrogen-bond acceptors (Lipinski definition) is 7. The van der Waals surface area contributed by atoms with Crippen LogP contribution in [0.2, 0.25) is 0 Å². The molecule has 8 heteroatoms. The van der Waals surface area contributed by atoms with E-state index in [2.05, 4.69) is 15.0 Å². The zero-order valence-corrected chi connectivity index (χ0v) is 12.7. The highest BCUT2D eigenvalue weighted by atomic mass is 32.1. The molecule has 0 aliphatic heterocycles. The lowest BCUT2D eigenvalue weighted by atomic mass is 10.1. The first kappa shape index (κ1) is 15.6. The average molecular weight is 319 g/mol. The first-order valence-corrected chi connectivity index (χ1v) is 7.05. The average Bonchev–Trinajstić information content (AvgIpc) is 3.00. The van der Waals surface area contributed by atoms with Crippen LogP contribution < -0.4 is 5.32 Å². The molecule has 0 atom stereocenters. The fraction of sp³-hybridized carbons (Fsp3) is 0.143. The molecule has 0 unspecified atom stereocenters. The molecule has 7 nitrogen and oxygen atoms in total. The smallest absolute Gasteiger partial charge is 0.349 e. The van der Waals surface area contributed by atoms with E-state index >= 15 is 0 Å². The number of anilines is 1. The van der Waals surface area contributed by atoms with Crippen molar-refractivity contribution in [3.05, 3.63) is 50.0 Å². The molecule has 0 fully saturated rings. The molecule has 2 rings (SSSR count). The van der Waals surface area contributed by atoms with Crippen molar-refractivity contribution in [2.75, 3.05) is 19.5 Å². The van der Waals surface area contributed by atoms with Gasteiger partial charge in [0.15, 0.2) is 0 Å². The number of nitrogens with one attached hydrogen (secondary N) is 1. The maximum Gasteiger partial charge on any atom is 0.349 e. The van der Waals surface area contributed by atoms with Gasteiger partial charge in [0, 0.05) is 13.1 Å². The second-order valence-electron chi connectivity index (χ2n) is 4.17. The first-order chi connectivity index (χ1) is 10.5. The lowest BCUT2D eigenvalue weighted by Gasteiger charge is -2.02. The lowest BCUT2D eigenvalue weighted by molar-refractivity contribution is -0.383. The molecule has 22 heavy (non-hydrogen) atoms. The Labute approximate surface area is 130 Å². The zero-order chi connectivity index (χ0) is 16.1. The van der Waals surface area contributed by atoms with Crippen LogP contribution in [0.15, 0.2) is 24.4 Å². The molecule has 2 aromatic rings. The third-order valence-corrected chi connectivity index (χ3v) is 3.76. The molecule has 0 saturated heterocycles. The number of nitro groups is 1. The number of carbonyl (C=O) groups excluding carboxylic acids is 1. The number of esters is 1. The Morgan fingerprint density at radius 2 is 2.23 bits per heavy atom. The Kier molecular flexibility index (Phi) is 4.84. The second-order valence-corrected chi connectivity index (χ2v) is 5.23. The highest BCUT2D eigenvalue weighted by molar-refractivity contribution is 7.14. The van der Waals surface area contributed by atoms with E-state index in [1.807, 2.05) is 0 Å². The van der Waals surface area contributed by atoms with Gasteiger partial charge in [-0.15, -0.1) is 11.3 Å². The minimum absolute atomic E-state index is 0.000890. The van der Waals surface area contributed by atoms with E-state index in [1.54, 1.807) is 31.3 Å². The largest absolute Gasteiger partial charge is 0.465 e. The molecule has 0 radical (unpaired) electrons. The van der Waals surface area contributed by atoms with Gasteiger partial charge in [0.05, 0.1) is 18.2 Å². The number of nitro benzene ring substituents is 1. The van der Waals surface area contributed by atoms with Crippen LogP contribution in [-0.2, 0) is 4.74 Å². The summed E-state index contributed by atoms with van der Waals surface area (Å²) < 4.78 is 4.61. The monoisotopic (exact) mass is 319 g/mol. The Balaban J connectivity index is 2.23. The minimum atomic E-state index is -0.443. The van der Waals surface area contributed by atoms with Gasteiger partial charge >= 0.3 is 5.97 Å². The minimum Gasteiger partial charge on any atom is -0.465 e. The fourth-order valence-corrected chi connectivity index (χ4v) is 2.48. The molecular weight excluding hydrogens is 306 g/mol. The number of thiazole rings is 1. The molecule has 1 aromatic heterocycles. The van der Waals surface area contributed by atoms with Crippen LogP contribution in [0.5, 0.6) is 0 Å². The number of benzene rings is 1. The summed E-state index contributed by atoms with van der Waals surface area (Å²) in [6.07, 6.45) is 4.82. The molecule has 0 bridgehead atoms. The van der Waals surface area contributed by atoms with Gasteiger partial charge in [-0.1, -0.05) is 12.1 Å². The molecule has 0 saturated carbocycles. The number of aromatic nitrogens is 1. The van der Waals surface area contributed by atoms with Crippen molar-refractivity contribution in [3.8, 4) is 0 Å². The van der Waals surface area contributed by atoms with Crippen molar-refractivity contribution < 1.29 is 14.5 Å². The highest BCUT2D eigenvalue weighted by Crippen LogP contribution is 2.26. The van der Waals surface area contributed by atoms with Crippen LogP contribution in [0.4, 0.5) is 11.4 Å². The molecule has 0 aliphatic rings. The van der Waals surface area contributed by atoms with E-state index in [0.717, 1.165) is 0 Å². The van der Waals surface area contributed by atoms with E-state index in [9.17, 15) is 14.9 Å². The van der Waals surface area contributed by atoms with Crippen molar-refractivity contribution >= 4 is 40.8 Å². The summed E-state index contributed by atoms with van der Waals surface area (Å²) >= 11 is 1.18. The number of hydrogen-bond donors (Lipinski definition) is 1. The molecule has 114 valence electrons. The molecule has 0 spiro atoms. The predicted octanol–water partition coefficient (Wildman–Crippen LogP) is 3.05. The first-order valence-electron chi connectivity index (χ1n) is 6.23. The summed E-state index contributed by atoms with van der Waals surface area (Å²) in [5.41, 5.74) is 1.11. The Hall–Kier alpha value is -2.74. The molecule has 0 amide bonds. The molecule has 1 heterocycles. The Bertz CT molecular complexity index is 739. The van der Waals surface area contributed by atoms with Gasteiger partial charge in [-0.2, -0.15) is 0 Å². The number of methoxy groups -OCH3 is 1. The van der Waals surface area contributed by atoms with E-state index < -0.39 is 10.9 Å². The van der Waals surface area contributed by atoms with Crippen molar-refractivity contribution in [2.45, 2.75) is 0 Å². The van der Waals surface area contributed by atoms with Crippen LogP contribution in [0.3, 0.4) is 0 Å². The molecule has 1 N–H and O–H groups in total. The van der Waals surface area contributed by atoms with Gasteiger partial charge in [0.25, 0.3) is 5.69 Å². The third kappa shape index (κ3) is 3.47.